The molecule has 0 bridgehead atoms. The van der Waals surface area contributed by atoms with Crippen molar-refractivity contribution >= 4 is 0 Å². The Kier molecular flexibility index (Phi) is 7.05. The average molecular weight is 286 g/mol. The van der Waals surface area contributed by atoms with E-state index in [0.717, 1.165) is 31.8 Å². The molecule has 1 aromatic rings. The lowest BCUT2D eigenvalue weighted by atomic mass is 10.1. The summed E-state index contributed by atoms with van der Waals surface area (Å²) in [6.45, 7) is 9.26. The zero-order chi connectivity index (χ0) is 15.1. The summed E-state index contributed by atoms with van der Waals surface area (Å²) in [7, 11) is 0. The molecule has 0 heterocycles. The van der Waals surface area contributed by atoms with Gasteiger partial charge in [-0.15, -0.1) is 0 Å². The summed E-state index contributed by atoms with van der Waals surface area (Å²) >= 11 is 0. The van der Waals surface area contributed by atoms with Crippen molar-refractivity contribution in [1.82, 2.24) is 10.2 Å². The van der Waals surface area contributed by atoms with Crippen molar-refractivity contribution in [3.8, 4) is 0 Å². The second kappa shape index (κ2) is 8.29. The lowest BCUT2D eigenvalue weighted by Gasteiger charge is -2.24. The second-order valence-corrected chi connectivity index (χ2v) is 4.98. The SMILES string of the molecule is CCN(CC)CC(C)NCC(O)c1ccc(F)cc1F. The minimum atomic E-state index is -0.977. The van der Waals surface area contributed by atoms with Gasteiger partial charge in [-0.3, -0.25) is 0 Å². The monoisotopic (exact) mass is 286 g/mol. The molecule has 0 spiro atoms. The highest BCUT2D eigenvalue weighted by Gasteiger charge is 2.15. The van der Waals surface area contributed by atoms with Gasteiger partial charge in [-0.1, -0.05) is 19.9 Å². The van der Waals surface area contributed by atoms with Gasteiger partial charge in [-0.25, -0.2) is 8.78 Å². The quantitative estimate of drug-likeness (QED) is 0.770. The molecule has 1 rings (SSSR count). The fourth-order valence-electron chi connectivity index (χ4n) is 2.13. The normalized spacial score (nSPS) is 14.6. The van der Waals surface area contributed by atoms with E-state index in [2.05, 4.69) is 24.1 Å². The van der Waals surface area contributed by atoms with Crippen LogP contribution >= 0.6 is 0 Å². The maximum Gasteiger partial charge on any atom is 0.131 e. The van der Waals surface area contributed by atoms with Gasteiger partial charge in [0.05, 0.1) is 6.10 Å². The van der Waals surface area contributed by atoms with Crippen molar-refractivity contribution in [2.45, 2.75) is 32.9 Å². The maximum absolute atomic E-state index is 13.5. The van der Waals surface area contributed by atoms with E-state index in [1.54, 1.807) is 0 Å². The van der Waals surface area contributed by atoms with Crippen LogP contribution in [-0.2, 0) is 0 Å². The van der Waals surface area contributed by atoms with Crippen LogP contribution in [0.4, 0.5) is 8.78 Å². The minimum Gasteiger partial charge on any atom is -0.387 e. The van der Waals surface area contributed by atoms with Gasteiger partial charge >= 0.3 is 0 Å². The molecule has 3 nitrogen and oxygen atoms in total. The zero-order valence-corrected chi connectivity index (χ0v) is 12.4. The predicted octanol–water partition coefficient (Wildman–Crippen LogP) is 2.32. The molecule has 2 unspecified atom stereocenters. The van der Waals surface area contributed by atoms with E-state index in [0.29, 0.717) is 0 Å². The lowest BCUT2D eigenvalue weighted by Crippen LogP contribution is -2.40. The molecule has 114 valence electrons. The van der Waals surface area contributed by atoms with Crippen LogP contribution in [0.5, 0.6) is 0 Å². The Hall–Kier alpha value is -1.04. The first kappa shape index (κ1) is 17.0. The molecule has 1 aromatic carbocycles. The summed E-state index contributed by atoms with van der Waals surface area (Å²) in [6, 6.07) is 3.42. The summed E-state index contributed by atoms with van der Waals surface area (Å²) in [4.78, 5) is 2.27. The van der Waals surface area contributed by atoms with E-state index in [1.165, 1.54) is 6.07 Å². The Morgan fingerprint density at radius 1 is 1.25 bits per heavy atom. The van der Waals surface area contributed by atoms with Crippen molar-refractivity contribution in [3.05, 3.63) is 35.4 Å². The molecule has 0 aliphatic carbocycles. The molecule has 5 heteroatoms. The molecular weight excluding hydrogens is 262 g/mol. The highest BCUT2D eigenvalue weighted by Crippen LogP contribution is 2.17. The molecule has 0 aliphatic heterocycles. The Morgan fingerprint density at radius 2 is 1.90 bits per heavy atom. The van der Waals surface area contributed by atoms with Gasteiger partial charge in [0.2, 0.25) is 0 Å². The number of aliphatic hydroxyl groups excluding tert-OH is 1. The molecule has 20 heavy (non-hydrogen) atoms. The van der Waals surface area contributed by atoms with Gasteiger partial charge in [-0.05, 0) is 26.1 Å². The smallest absolute Gasteiger partial charge is 0.131 e. The predicted molar refractivity (Wildman–Crippen MR) is 76.6 cm³/mol. The molecule has 2 atom stereocenters. The van der Waals surface area contributed by atoms with E-state index in [4.69, 9.17) is 0 Å². The van der Waals surface area contributed by atoms with Gasteiger partial charge in [0.15, 0.2) is 0 Å². The lowest BCUT2D eigenvalue weighted by molar-refractivity contribution is 0.161. The summed E-state index contributed by atoms with van der Waals surface area (Å²) in [5.74, 6) is -1.35. The van der Waals surface area contributed by atoms with E-state index in [9.17, 15) is 13.9 Å². The van der Waals surface area contributed by atoms with E-state index < -0.39 is 17.7 Å². The standard InChI is InChI=1S/C15H24F2N2O/c1-4-19(5-2)10-11(3)18-9-15(20)13-7-6-12(16)8-14(13)17/h6-8,11,15,18,20H,4-5,9-10H2,1-3H3. The van der Waals surface area contributed by atoms with Gasteiger partial charge < -0.3 is 15.3 Å². The Bertz CT molecular complexity index is 411. The second-order valence-electron chi connectivity index (χ2n) is 4.98. The van der Waals surface area contributed by atoms with Crippen molar-refractivity contribution in [2.24, 2.45) is 0 Å². The van der Waals surface area contributed by atoms with Crippen LogP contribution in [0.2, 0.25) is 0 Å². The van der Waals surface area contributed by atoms with E-state index in [-0.39, 0.29) is 18.2 Å². The molecule has 0 aliphatic rings. The molecule has 0 saturated heterocycles. The van der Waals surface area contributed by atoms with Gasteiger partial charge in [0.1, 0.15) is 11.6 Å². The number of hydrogen-bond donors (Lipinski definition) is 2. The number of nitrogens with one attached hydrogen (secondary N) is 1. The first-order valence-corrected chi connectivity index (χ1v) is 7.06. The topological polar surface area (TPSA) is 35.5 Å². The fraction of sp³-hybridized carbons (Fsp3) is 0.600. The van der Waals surface area contributed by atoms with Crippen LogP contribution in [0.3, 0.4) is 0 Å². The molecule has 0 saturated carbocycles. The fourth-order valence-corrected chi connectivity index (χ4v) is 2.13. The number of aliphatic hydroxyl groups is 1. The average Bonchev–Trinajstić information content (AvgIpc) is 2.42. The molecule has 0 amide bonds. The molecule has 0 aromatic heterocycles. The van der Waals surface area contributed by atoms with E-state index >= 15 is 0 Å². The molecule has 0 fully saturated rings. The van der Waals surface area contributed by atoms with Crippen LogP contribution in [0, 0.1) is 11.6 Å². The van der Waals surface area contributed by atoms with Crippen molar-refractivity contribution in [1.29, 1.82) is 0 Å². The number of likely N-dealkylation sites (N-methyl/N-ethyl adjacent to an activating group) is 1. The summed E-state index contributed by atoms with van der Waals surface area (Å²) in [6.07, 6.45) is -0.977. The molecular formula is C15H24F2N2O. The minimum absolute atomic E-state index is 0.119. The Morgan fingerprint density at radius 3 is 2.45 bits per heavy atom. The van der Waals surface area contributed by atoms with E-state index in [1.807, 2.05) is 6.92 Å². The summed E-state index contributed by atoms with van der Waals surface area (Å²) < 4.78 is 26.3. The van der Waals surface area contributed by atoms with Gasteiger partial charge in [-0.2, -0.15) is 0 Å². The van der Waals surface area contributed by atoms with Crippen LogP contribution in [0.25, 0.3) is 0 Å². The van der Waals surface area contributed by atoms with Crippen molar-refractivity contribution in [2.75, 3.05) is 26.2 Å². The number of hydrogen-bond acceptors (Lipinski definition) is 3. The van der Waals surface area contributed by atoms with Crippen LogP contribution in [0.1, 0.15) is 32.4 Å². The third-order valence-electron chi connectivity index (χ3n) is 3.41. The van der Waals surface area contributed by atoms with Crippen molar-refractivity contribution < 1.29 is 13.9 Å². The maximum atomic E-state index is 13.5. The van der Waals surface area contributed by atoms with Gasteiger partial charge in [0, 0.05) is 30.8 Å². The van der Waals surface area contributed by atoms with Crippen LogP contribution in [-0.4, -0.2) is 42.2 Å². The number of nitrogens with zero attached hydrogens (tertiary/aromatic N) is 1. The molecule has 0 radical (unpaired) electrons. The highest BCUT2D eigenvalue weighted by atomic mass is 19.1. The number of rotatable bonds is 8. The third-order valence-corrected chi connectivity index (χ3v) is 3.41. The number of benzene rings is 1. The molecule has 2 N–H and O–H groups in total. The first-order chi connectivity index (χ1) is 9.47. The summed E-state index contributed by atoms with van der Waals surface area (Å²) in [5.41, 5.74) is 0.119. The Labute approximate surface area is 119 Å². The third kappa shape index (κ3) is 5.15. The number of halogens is 2. The van der Waals surface area contributed by atoms with Crippen LogP contribution in [0.15, 0.2) is 18.2 Å². The van der Waals surface area contributed by atoms with Gasteiger partial charge in [0.25, 0.3) is 0 Å². The first-order valence-electron chi connectivity index (χ1n) is 7.06. The van der Waals surface area contributed by atoms with Crippen molar-refractivity contribution in [3.63, 3.8) is 0 Å². The zero-order valence-electron chi connectivity index (χ0n) is 12.4. The largest absolute Gasteiger partial charge is 0.387 e. The Balaban J connectivity index is 2.48. The highest BCUT2D eigenvalue weighted by molar-refractivity contribution is 5.21. The summed E-state index contributed by atoms with van der Waals surface area (Å²) in [5, 5.41) is 13.1. The van der Waals surface area contributed by atoms with Crippen LogP contribution < -0.4 is 5.32 Å².